The van der Waals surface area contributed by atoms with E-state index in [0.29, 0.717) is 28.0 Å². The Labute approximate surface area is 199 Å². The van der Waals surface area contributed by atoms with Crippen LogP contribution in [0.25, 0.3) is 22.0 Å². The second-order valence-electron chi connectivity index (χ2n) is 7.34. The summed E-state index contributed by atoms with van der Waals surface area (Å²) >= 11 is 13.8. The van der Waals surface area contributed by atoms with Crippen molar-refractivity contribution in [3.8, 4) is 27.7 Å². The minimum absolute atomic E-state index is 0.00672. The van der Waals surface area contributed by atoms with Crippen LogP contribution < -0.4 is 9.64 Å². The van der Waals surface area contributed by atoms with Gasteiger partial charge in [0.2, 0.25) is 0 Å². The fourth-order valence-electron chi connectivity index (χ4n) is 3.61. The average molecular weight is 482 g/mol. The maximum absolute atomic E-state index is 12.7. The number of ether oxygens (including phenoxy) is 1. The largest absolute Gasteiger partial charge is 0.482 e. The number of hydrogen-bond donors (Lipinski definition) is 0. The van der Waals surface area contributed by atoms with Gasteiger partial charge >= 0.3 is 0 Å². The van der Waals surface area contributed by atoms with Crippen molar-refractivity contribution in [3.63, 3.8) is 0 Å². The molecule has 160 valence electrons. The first-order valence-corrected chi connectivity index (χ1v) is 11.5. The van der Waals surface area contributed by atoms with Gasteiger partial charge in [0.15, 0.2) is 6.61 Å². The quantitative estimate of drug-likeness (QED) is 0.337. The predicted octanol–water partition coefficient (Wildman–Crippen LogP) is 6.41. The number of halogens is 2. The van der Waals surface area contributed by atoms with Crippen molar-refractivity contribution in [1.82, 2.24) is 9.97 Å². The molecule has 0 atom stereocenters. The molecule has 0 saturated carbocycles. The summed E-state index contributed by atoms with van der Waals surface area (Å²) in [7, 11) is 0. The fraction of sp³-hybridized carbons (Fsp3) is 0.125. The lowest BCUT2D eigenvalue weighted by molar-refractivity contribution is -0.121. The Balaban J connectivity index is 1.52. The number of aromatic nitrogens is 2. The minimum Gasteiger partial charge on any atom is -0.482 e. The van der Waals surface area contributed by atoms with Crippen molar-refractivity contribution in [2.45, 2.75) is 13.5 Å². The Morgan fingerprint density at radius 3 is 2.75 bits per heavy atom. The number of carbonyl (C=O) groups is 1. The highest BCUT2D eigenvalue weighted by atomic mass is 35.5. The van der Waals surface area contributed by atoms with Gasteiger partial charge in [-0.2, -0.15) is 0 Å². The third-order valence-electron chi connectivity index (χ3n) is 5.18. The van der Waals surface area contributed by atoms with E-state index in [-0.39, 0.29) is 12.5 Å². The Morgan fingerprint density at radius 1 is 1.09 bits per heavy atom. The van der Waals surface area contributed by atoms with Crippen molar-refractivity contribution in [2.75, 3.05) is 11.5 Å². The summed E-state index contributed by atoms with van der Waals surface area (Å²) in [6, 6.07) is 17.0. The number of thiazole rings is 1. The zero-order valence-electron chi connectivity index (χ0n) is 17.0. The molecule has 1 aliphatic heterocycles. The smallest absolute Gasteiger partial charge is 0.265 e. The molecule has 0 unspecified atom stereocenters. The molecular weight excluding hydrogens is 465 g/mol. The number of nitrogens with zero attached hydrogens (tertiary/aromatic N) is 3. The highest BCUT2D eigenvalue weighted by molar-refractivity contribution is 7.15. The van der Waals surface area contributed by atoms with Crippen LogP contribution in [-0.4, -0.2) is 22.5 Å². The van der Waals surface area contributed by atoms with Crippen molar-refractivity contribution in [1.29, 1.82) is 0 Å². The monoisotopic (exact) mass is 481 g/mol. The van der Waals surface area contributed by atoms with Crippen LogP contribution in [0.15, 0.2) is 60.8 Å². The fourth-order valence-corrected chi connectivity index (χ4v) is 4.84. The summed E-state index contributed by atoms with van der Waals surface area (Å²) < 4.78 is 5.68. The SMILES string of the molecule is Cc1sc(-c2ccccn2)nc1-c1ccc2c(c1)N(Cc1ccc(Cl)c(Cl)c1)C(=O)CO2. The van der Waals surface area contributed by atoms with Crippen LogP contribution in [0.5, 0.6) is 5.75 Å². The van der Waals surface area contributed by atoms with E-state index in [1.165, 1.54) is 0 Å². The highest BCUT2D eigenvalue weighted by Gasteiger charge is 2.27. The van der Waals surface area contributed by atoms with Gasteiger partial charge in [0.25, 0.3) is 5.91 Å². The molecule has 1 amide bonds. The third-order valence-corrected chi connectivity index (χ3v) is 6.91. The molecule has 32 heavy (non-hydrogen) atoms. The minimum atomic E-state index is -0.120. The van der Waals surface area contributed by atoms with Gasteiger partial charge in [0, 0.05) is 16.6 Å². The zero-order chi connectivity index (χ0) is 22.2. The summed E-state index contributed by atoms with van der Waals surface area (Å²) in [4.78, 5) is 24.8. The lowest BCUT2D eigenvalue weighted by Gasteiger charge is -2.30. The number of benzene rings is 2. The first-order chi connectivity index (χ1) is 15.5. The van der Waals surface area contributed by atoms with Gasteiger partial charge in [-0.3, -0.25) is 9.78 Å². The lowest BCUT2D eigenvalue weighted by atomic mass is 10.1. The van der Waals surface area contributed by atoms with Crippen molar-refractivity contribution < 1.29 is 9.53 Å². The Morgan fingerprint density at radius 2 is 1.97 bits per heavy atom. The van der Waals surface area contributed by atoms with Crippen molar-refractivity contribution in [3.05, 3.63) is 81.3 Å². The molecule has 5 rings (SSSR count). The van der Waals surface area contributed by atoms with Gasteiger partial charge in [-0.1, -0.05) is 35.3 Å². The molecule has 1 aliphatic rings. The molecule has 2 aromatic heterocycles. The van der Waals surface area contributed by atoms with Crippen LogP contribution in [0.3, 0.4) is 0 Å². The molecule has 2 aromatic carbocycles. The van der Waals surface area contributed by atoms with E-state index >= 15 is 0 Å². The number of hydrogen-bond acceptors (Lipinski definition) is 5. The van der Waals surface area contributed by atoms with E-state index in [1.807, 2.05) is 49.4 Å². The first kappa shape index (κ1) is 20.9. The van der Waals surface area contributed by atoms with Crippen molar-refractivity contribution in [2.24, 2.45) is 0 Å². The molecule has 0 N–H and O–H groups in total. The van der Waals surface area contributed by atoms with Crippen LogP contribution in [-0.2, 0) is 11.3 Å². The molecule has 4 aromatic rings. The molecule has 3 heterocycles. The van der Waals surface area contributed by atoms with E-state index in [9.17, 15) is 4.79 Å². The number of amides is 1. The van der Waals surface area contributed by atoms with E-state index in [1.54, 1.807) is 34.6 Å². The summed E-state index contributed by atoms with van der Waals surface area (Å²) in [6.07, 6.45) is 1.76. The lowest BCUT2D eigenvalue weighted by Crippen LogP contribution is -2.38. The second-order valence-corrected chi connectivity index (χ2v) is 9.36. The molecule has 0 saturated heterocycles. The van der Waals surface area contributed by atoms with Crippen molar-refractivity contribution >= 4 is 46.1 Å². The maximum atomic E-state index is 12.7. The Bertz CT molecular complexity index is 1320. The number of pyridine rings is 1. The van der Waals surface area contributed by atoms with Gasteiger partial charge < -0.3 is 9.64 Å². The van der Waals surface area contributed by atoms with Gasteiger partial charge in [-0.05, 0) is 55.0 Å². The number of fused-ring (bicyclic) bond motifs is 1. The molecular formula is C24H17Cl2N3O2S. The van der Waals surface area contributed by atoms with Crippen LogP contribution in [0.2, 0.25) is 10.0 Å². The Hall–Kier alpha value is -2.93. The van der Waals surface area contributed by atoms with E-state index in [0.717, 1.165) is 32.4 Å². The summed E-state index contributed by atoms with van der Waals surface area (Å²) in [6.45, 7) is 2.39. The highest BCUT2D eigenvalue weighted by Crippen LogP contribution is 2.39. The number of aryl methyl sites for hydroxylation is 1. The predicted molar refractivity (Wildman–Crippen MR) is 129 cm³/mol. The van der Waals surface area contributed by atoms with Crippen LogP contribution in [0.4, 0.5) is 5.69 Å². The molecule has 0 aliphatic carbocycles. The summed E-state index contributed by atoms with van der Waals surface area (Å²) in [5.41, 5.74) is 4.21. The molecule has 5 nitrogen and oxygen atoms in total. The number of carbonyl (C=O) groups excluding carboxylic acids is 1. The summed E-state index contributed by atoms with van der Waals surface area (Å²) in [5.74, 6) is 0.538. The number of rotatable bonds is 4. The number of anilines is 1. The molecule has 0 spiro atoms. The van der Waals surface area contributed by atoms with Gasteiger partial charge in [0.05, 0.1) is 33.7 Å². The van der Waals surface area contributed by atoms with Crippen LogP contribution >= 0.6 is 34.5 Å². The Kier molecular flexibility index (Phi) is 5.59. The van der Waals surface area contributed by atoms with Gasteiger partial charge in [-0.15, -0.1) is 11.3 Å². The maximum Gasteiger partial charge on any atom is 0.265 e. The van der Waals surface area contributed by atoms with E-state index in [2.05, 4.69) is 4.98 Å². The first-order valence-electron chi connectivity index (χ1n) is 9.90. The van der Waals surface area contributed by atoms with Gasteiger partial charge in [-0.25, -0.2) is 4.98 Å². The molecule has 0 fully saturated rings. The standard InChI is InChI=1S/C24H17Cl2N3O2S/c1-14-23(28-24(32-14)19-4-2-3-9-27-19)16-6-8-21-20(11-16)29(22(30)13-31-21)12-15-5-7-17(25)18(26)10-15/h2-11H,12-13H2,1H3. The third kappa shape index (κ3) is 3.97. The molecule has 0 radical (unpaired) electrons. The van der Waals surface area contributed by atoms with E-state index in [4.69, 9.17) is 32.9 Å². The molecule has 8 heteroatoms. The zero-order valence-corrected chi connectivity index (χ0v) is 19.3. The van der Waals surface area contributed by atoms with E-state index < -0.39 is 0 Å². The molecule has 0 bridgehead atoms. The summed E-state index contributed by atoms with van der Waals surface area (Å²) in [5, 5.41) is 1.80. The van der Waals surface area contributed by atoms with Gasteiger partial charge in [0.1, 0.15) is 10.8 Å². The van der Waals surface area contributed by atoms with Crippen LogP contribution in [0, 0.1) is 6.92 Å². The average Bonchev–Trinajstić information content (AvgIpc) is 3.20. The normalized spacial score (nSPS) is 13.1. The second kappa shape index (κ2) is 8.54. The van der Waals surface area contributed by atoms with Crippen LogP contribution in [0.1, 0.15) is 10.4 Å². The topological polar surface area (TPSA) is 55.3 Å².